The first-order chi connectivity index (χ1) is 9.31. The third-order valence-corrected chi connectivity index (χ3v) is 2.54. The van der Waals surface area contributed by atoms with Crippen LogP contribution >= 0.6 is 0 Å². The summed E-state index contributed by atoms with van der Waals surface area (Å²) in [5.74, 6) is 0.441. The Labute approximate surface area is 115 Å². The first-order valence-corrected chi connectivity index (χ1v) is 6.15. The highest BCUT2D eigenvalue weighted by Crippen LogP contribution is 2.31. The summed E-state index contributed by atoms with van der Waals surface area (Å²) in [6, 6.07) is 3.24. The molecule has 8 heteroatoms. The fraction of sp³-hybridized carbons (Fsp3) is 0.500. The largest absolute Gasteiger partial charge is 0.303 e. The second-order valence-electron chi connectivity index (χ2n) is 4.88. The zero-order valence-electron chi connectivity index (χ0n) is 11.5. The van der Waals surface area contributed by atoms with Crippen molar-refractivity contribution in [2.75, 3.05) is 0 Å². The van der Waals surface area contributed by atoms with Gasteiger partial charge in [-0.15, -0.1) is 5.11 Å². The van der Waals surface area contributed by atoms with Crippen molar-refractivity contribution in [3.05, 3.63) is 38.4 Å². The van der Waals surface area contributed by atoms with E-state index in [0.29, 0.717) is 5.92 Å². The van der Waals surface area contributed by atoms with Gasteiger partial charge in [-0.05, 0) is 25.3 Å². The Morgan fingerprint density at radius 1 is 1.15 bits per heavy atom. The van der Waals surface area contributed by atoms with Gasteiger partial charge in [-0.25, -0.2) is 0 Å². The van der Waals surface area contributed by atoms with E-state index in [9.17, 15) is 20.2 Å². The molecular formula is C12H16N4O4. The fourth-order valence-electron chi connectivity index (χ4n) is 1.75. The van der Waals surface area contributed by atoms with E-state index < -0.39 is 15.5 Å². The number of benzene rings is 1. The Kier molecular flexibility index (Phi) is 5.24. The Bertz CT molecular complexity index is 542. The highest BCUT2D eigenvalue weighted by Gasteiger charge is 2.19. The minimum absolute atomic E-state index is 0.0243. The molecule has 0 N–H and O–H groups in total. The van der Waals surface area contributed by atoms with Crippen LogP contribution in [-0.2, 0) is 0 Å². The molecule has 20 heavy (non-hydrogen) atoms. The van der Waals surface area contributed by atoms with E-state index in [1.54, 1.807) is 0 Å². The normalized spacial score (nSPS) is 12.8. The molecule has 0 aliphatic heterocycles. The van der Waals surface area contributed by atoms with Crippen LogP contribution < -0.4 is 0 Å². The van der Waals surface area contributed by atoms with Crippen LogP contribution in [0.3, 0.4) is 0 Å². The molecule has 1 rings (SSSR count). The van der Waals surface area contributed by atoms with E-state index in [2.05, 4.69) is 10.2 Å². The van der Waals surface area contributed by atoms with Crippen LogP contribution in [0.5, 0.6) is 0 Å². The van der Waals surface area contributed by atoms with Crippen LogP contribution in [0.15, 0.2) is 28.4 Å². The second kappa shape index (κ2) is 6.69. The Morgan fingerprint density at radius 2 is 1.80 bits per heavy atom. The van der Waals surface area contributed by atoms with Crippen molar-refractivity contribution >= 4 is 17.1 Å². The summed E-state index contributed by atoms with van der Waals surface area (Å²) in [6.45, 7) is 5.95. The predicted octanol–water partition coefficient (Wildman–Crippen LogP) is 4.02. The molecule has 1 unspecified atom stereocenters. The van der Waals surface area contributed by atoms with Crippen molar-refractivity contribution in [3.63, 3.8) is 0 Å². The summed E-state index contributed by atoms with van der Waals surface area (Å²) in [4.78, 5) is 20.1. The molecule has 0 aliphatic rings. The van der Waals surface area contributed by atoms with Crippen molar-refractivity contribution < 1.29 is 9.85 Å². The SMILES string of the molecule is CC(C)CC(C)N=Nc1ccc([N+](=O)[O-])cc1[N+](=O)[O-]. The highest BCUT2D eigenvalue weighted by atomic mass is 16.6. The van der Waals surface area contributed by atoms with Crippen LogP contribution in [0.25, 0.3) is 0 Å². The molecule has 108 valence electrons. The van der Waals surface area contributed by atoms with E-state index in [1.165, 1.54) is 12.1 Å². The van der Waals surface area contributed by atoms with Gasteiger partial charge in [-0.2, -0.15) is 5.11 Å². The van der Waals surface area contributed by atoms with Crippen molar-refractivity contribution in [2.45, 2.75) is 33.2 Å². The Hall–Kier alpha value is -2.38. The molecule has 0 radical (unpaired) electrons. The summed E-state index contributed by atoms with van der Waals surface area (Å²) >= 11 is 0. The molecule has 1 aromatic rings. The van der Waals surface area contributed by atoms with Gasteiger partial charge < -0.3 is 0 Å². The van der Waals surface area contributed by atoms with Gasteiger partial charge in [0.05, 0.1) is 22.0 Å². The Balaban J connectivity index is 3.03. The Morgan fingerprint density at radius 3 is 2.30 bits per heavy atom. The van der Waals surface area contributed by atoms with Crippen LogP contribution in [0.4, 0.5) is 17.1 Å². The molecule has 0 aliphatic carbocycles. The van der Waals surface area contributed by atoms with Crippen molar-refractivity contribution in [3.8, 4) is 0 Å². The molecule has 0 spiro atoms. The fourth-order valence-corrected chi connectivity index (χ4v) is 1.75. The van der Waals surface area contributed by atoms with Gasteiger partial charge in [-0.3, -0.25) is 20.2 Å². The monoisotopic (exact) mass is 280 g/mol. The smallest absolute Gasteiger partial charge is 0.258 e. The molecule has 0 heterocycles. The first kappa shape index (κ1) is 15.7. The van der Waals surface area contributed by atoms with Crippen molar-refractivity contribution in [1.29, 1.82) is 0 Å². The van der Waals surface area contributed by atoms with Gasteiger partial charge in [0.2, 0.25) is 0 Å². The van der Waals surface area contributed by atoms with Gasteiger partial charge >= 0.3 is 5.69 Å². The molecule has 0 amide bonds. The summed E-state index contributed by atoms with van der Waals surface area (Å²) in [7, 11) is 0. The minimum Gasteiger partial charge on any atom is -0.258 e. The number of hydrogen-bond donors (Lipinski definition) is 0. The van der Waals surface area contributed by atoms with Crippen molar-refractivity contribution in [2.24, 2.45) is 16.1 Å². The average Bonchev–Trinajstić information content (AvgIpc) is 2.35. The highest BCUT2D eigenvalue weighted by molar-refractivity contribution is 5.61. The van der Waals surface area contributed by atoms with Gasteiger partial charge in [0.1, 0.15) is 0 Å². The van der Waals surface area contributed by atoms with Crippen LogP contribution in [-0.4, -0.2) is 15.9 Å². The number of nitro benzene ring substituents is 2. The zero-order valence-corrected chi connectivity index (χ0v) is 11.5. The van der Waals surface area contributed by atoms with Gasteiger partial charge in [0, 0.05) is 6.07 Å². The summed E-state index contributed by atoms with van der Waals surface area (Å²) in [5.41, 5.74) is -0.734. The summed E-state index contributed by atoms with van der Waals surface area (Å²) in [5, 5.41) is 29.3. The van der Waals surface area contributed by atoms with Crippen molar-refractivity contribution in [1.82, 2.24) is 0 Å². The van der Waals surface area contributed by atoms with E-state index in [0.717, 1.165) is 12.5 Å². The number of rotatable bonds is 6. The summed E-state index contributed by atoms with van der Waals surface area (Å²) in [6.07, 6.45) is 0.810. The molecule has 8 nitrogen and oxygen atoms in total. The lowest BCUT2D eigenvalue weighted by Crippen LogP contribution is -2.01. The standard InChI is InChI=1S/C12H16N4O4/c1-8(2)6-9(3)13-14-11-5-4-10(15(17)18)7-12(11)16(19)20/h4-5,7-9H,6H2,1-3H3. The third-order valence-electron chi connectivity index (χ3n) is 2.54. The maximum absolute atomic E-state index is 10.9. The van der Waals surface area contributed by atoms with E-state index in [1.807, 2.05) is 20.8 Å². The lowest BCUT2D eigenvalue weighted by Gasteiger charge is -2.07. The molecular weight excluding hydrogens is 264 g/mol. The van der Waals surface area contributed by atoms with E-state index >= 15 is 0 Å². The maximum Gasteiger partial charge on any atom is 0.303 e. The van der Waals surface area contributed by atoms with E-state index in [-0.39, 0.29) is 17.4 Å². The molecule has 1 aromatic carbocycles. The van der Waals surface area contributed by atoms with Gasteiger partial charge in [0.25, 0.3) is 5.69 Å². The number of nitrogens with zero attached hydrogens (tertiary/aromatic N) is 4. The third kappa shape index (κ3) is 4.38. The number of hydrogen-bond acceptors (Lipinski definition) is 6. The number of non-ortho nitro benzene ring substituents is 1. The van der Waals surface area contributed by atoms with E-state index in [4.69, 9.17) is 0 Å². The number of azo groups is 1. The summed E-state index contributed by atoms with van der Waals surface area (Å²) < 4.78 is 0. The molecule has 0 fully saturated rings. The molecule has 0 bridgehead atoms. The minimum atomic E-state index is -0.700. The van der Waals surface area contributed by atoms with Crippen LogP contribution in [0, 0.1) is 26.1 Å². The predicted molar refractivity (Wildman–Crippen MR) is 73.2 cm³/mol. The maximum atomic E-state index is 10.9. The van der Waals surface area contributed by atoms with Crippen LogP contribution in [0.2, 0.25) is 0 Å². The van der Waals surface area contributed by atoms with Gasteiger partial charge in [-0.1, -0.05) is 13.8 Å². The van der Waals surface area contributed by atoms with Gasteiger partial charge in [0.15, 0.2) is 5.69 Å². The molecule has 0 saturated heterocycles. The number of nitro groups is 2. The second-order valence-corrected chi connectivity index (χ2v) is 4.88. The lowest BCUT2D eigenvalue weighted by molar-refractivity contribution is -0.393. The lowest BCUT2D eigenvalue weighted by atomic mass is 10.1. The average molecular weight is 280 g/mol. The van der Waals surface area contributed by atoms with Crippen LogP contribution in [0.1, 0.15) is 27.2 Å². The quantitative estimate of drug-likeness (QED) is 0.445. The molecule has 0 aromatic heterocycles. The zero-order chi connectivity index (χ0) is 15.3. The first-order valence-electron chi connectivity index (χ1n) is 6.15. The molecule has 0 saturated carbocycles. The molecule has 1 atom stereocenters. The topological polar surface area (TPSA) is 111 Å².